The summed E-state index contributed by atoms with van der Waals surface area (Å²) in [5, 5.41) is 6.57. The Bertz CT molecular complexity index is 197. The van der Waals surface area contributed by atoms with Gasteiger partial charge < -0.3 is 10.6 Å². The molecule has 1 heterocycles. The van der Waals surface area contributed by atoms with E-state index in [-0.39, 0.29) is 0 Å². The van der Waals surface area contributed by atoms with Crippen molar-refractivity contribution in [2.75, 3.05) is 26.2 Å². The molecule has 0 aromatic carbocycles. The van der Waals surface area contributed by atoms with Crippen LogP contribution in [0.5, 0.6) is 0 Å². The van der Waals surface area contributed by atoms with Crippen molar-refractivity contribution in [3.8, 4) is 0 Å². The smallest absolute Gasteiger partial charge is 0.00767 e. The molecule has 2 rings (SSSR count). The molecule has 2 nitrogen and oxygen atoms in total. The van der Waals surface area contributed by atoms with Crippen LogP contribution in [-0.2, 0) is 0 Å². The summed E-state index contributed by atoms with van der Waals surface area (Å²) in [7, 11) is 0. The second-order valence-corrected chi connectivity index (χ2v) is 4.83. The Morgan fingerprint density at radius 2 is 1.60 bits per heavy atom. The molecule has 0 unspecified atom stereocenters. The lowest BCUT2D eigenvalue weighted by Crippen LogP contribution is -2.21. The first kappa shape index (κ1) is 12.5. The molecule has 0 spiro atoms. The minimum Gasteiger partial charge on any atom is -0.315 e. The fourth-order valence-corrected chi connectivity index (χ4v) is 1.60. The molecule has 1 aliphatic carbocycles. The monoisotopic (exact) mass is 208 g/mol. The molecule has 1 saturated heterocycles. The van der Waals surface area contributed by atoms with Gasteiger partial charge >= 0.3 is 0 Å². The van der Waals surface area contributed by atoms with Crippen LogP contribution in [0.3, 0.4) is 0 Å². The molecular formula is C13H24N2. The summed E-state index contributed by atoms with van der Waals surface area (Å²) in [5.74, 6) is 0. The van der Waals surface area contributed by atoms with Gasteiger partial charge in [-0.2, -0.15) is 0 Å². The lowest BCUT2D eigenvalue weighted by molar-refractivity contribution is 0.484. The van der Waals surface area contributed by atoms with Gasteiger partial charge in [-0.3, -0.25) is 0 Å². The zero-order chi connectivity index (χ0) is 11.0. The Morgan fingerprint density at radius 3 is 2.00 bits per heavy atom. The lowest BCUT2D eigenvalue weighted by Gasteiger charge is -2.19. The molecule has 0 bridgehead atoms. The summed E-state index contributed by atoms with van der Waals surface area (Å²) in [5.41, 5.74) is 0.411. The van der Waals surface area contributed by atoms with Crippen LogP contribution in [0.25, 0.3) is 0 Å². The highest BCUT2D eigenvalue weighted by atomic mass is 15.0. The molecule has 1 aliphatic heterocycles. The van der Waals surface area contributed by atoms with Crippen LogP contribution in [-0.4, -0.2) is 26.2 Å². The van der Waals surface area contributed by atoms with E-state index in [1.54, 1.807) is 0 Å². The highest BCUT2D eigenvalue weighted by Gasteiger charge is 2.11. The Balaban J connectivity index is 0.000000151. The Labute approximate surface area is 93.8 Å². The van der Waals surface area contributed by atoms with Gasteiger partial charge in [-0.15, -0.1) is 0 Å². The Hall–Kier alpha value is -0.600. The van der Waals surface area contributed by atoms with E-state index in [0.29, 0.717) is 5.41 Å². The lowest BCUT2D eigenvalue weighted by atomic mass is 9.86. The molecule has 0 amide bonds. The van der Waals surface area contributed by atoms with Gasteiger partial charge in [0.15, 0.2) is 0 Å². The summed E-state index contributed by atoms with van der Waals surface area (Å²) < 4.78 is 0. The van der Waals surface area contributed by atoms with Crippen molar-refractivity contribution in [3.05, 3.63) is 24.3 Å². The van der Waals surface area contributed by atoms with Gasteiger partial charge in [-0.25, -0.2) is 0 Å². The molecule has 2 N–H and O–H groups in total. The third-order valence-electron chi connectivity index (χ3n) is 2.62. The van der Waals surface area contributed by atoms with E-state index in [9.17, 15) is 0 Å². The number of allylic oxidation sites excluding steroid dienone is 4. The molecule has 0 aromatic heterocycles. The van der Waals surface area contributed by atoms with E-state index in [1.807, 2.05) is 0 Å². The van der Waals surface area contributed by atoms with Crippen LogP contribution in [0.15, 0.2) is 24.3 Å². The van der Waals surface area contributed by atoms with Crippen LogP contribution in [0, 0.1) is 5.41 Å². The number of hydrogen-bond donors (Lipinski definition) is 2. The zero-order valence-corrected chi connectivity index (χ0v) is 10.1. The summed E-state index contributed by atoms with van der Waals surface area (Å²) >= 11 is 0. The van der Waals surface area contributed by atoms with E-state index in [4.69, 9.17) is 0 Å². The van der Waals surface area contributed by atoms with Crippen molar-refractivity contribution in [1.82, 2.24) is 10.6 Å². The van der Waals surface area contributed by atoms with E-state index in [0.717, 1.165) is 13.1 Å². The Kier molecular flexibility index (Phi) is 5.66. The highest BCUT2D eigenvalue weighted by molar-refractivity contribution is 5.14. The maximum absolute atomic E-state index is 3.28. The predicted octanol–water partition coefficient (Wildman–Crippen LogP) is 2.10. The van der Waals surface area contributed by atoms with Crippen molar-refractivity contribution in [2.24, 2.45) is 5.41 Å². The molecule has 1 fully saturated rings. The summed E-state index contributed by atoms with van der Waals surface area (Å²) in [6.07, 6.45) is 11.1. The van der Waals surface area contributed by atoms with Gasteiger partial charge in [0.1, 0.15) is 0 Å². The molecule has 0 radical (unpaired) electrons. The topological polar surface area (TPSA) is 24.1 Å². The third-order valence-corrected chi connectivity index (χ3v) is 2.62. The average Bonchev–Trinajstić information content (AvgIpc) is 2.49. The second-order valence-electron chi connectivity index (χ2n) is 4.83. The SMILES string of the molecule is C1CNCCNC1.CC1(C)C=CC=CC1. The minimum atomic E-state index is 0.411. The fraction of sp³-hybridized carbons (Fsp3) is 0.692. The predicted molar refractivity (Wildman–Crippen MR) is 67.0 cm³/mol. The number of nitrogens with one attached hydrogen (secondary N) is 2. The van der Waals surface area contributed by atoms with Gasteiger partial charge in [-0.05, 0) is 31.3 Å². The van der Waals surface area contributed by atoms with E-state index >= 15 is 0 Å². The molecule has 2 heteroatoms. The second kappa shape index (κ2) is 6.81. The fourth-order valence-electron chi connectivity index (χ4n) is 1.60. The van der Waals surface area contributed by atoms with Crippen LogP contribution in [0.4, 0.5) is 0 Å². The molecule has 0 aromatic rings. The largest absolute Gasteiger partial charge is 0.315 e. The van der Waals surface area contributed by atoms with Crippen LogP contribution in [0.2, 0.25) is 0 Å². The van der Waals surface area contributed by atoms with Gasteiger partial charge in [-0.1, -0.05) is 38.2 Å². The standard InChI is InChI=1S/C8H12.C5H12N2/c1-8(2)6-4-3-5-7-8;1-2-6-4-5-7-3-1/h3-6H,7H2,1-2H3;6-7H,1-5H2. The van der Waals surface area contributed by atoms with Crippen molar-refractivity contribution < 1.29 is 0 Å². The molecule has 2 aliphatic rings. The summed E-state index contributed by atoms with van der Waals surface area (Å²) in [6.45, 7) is 9.14. The van der Waals surface area contributed by atoms with Gasteiger partial charge in [0.25, 0.3) is 0 Å². The summed E-state index contributed by atoms with van der Waals surface area (Å²) in [6, 6.07) is 0. The quantitative estimate of drug-likeness (QED) is 0.637. The Morgan fingerprint density at radius 1 is 0.933 bits per heavy atom. The van der Waals surface area contributed by atoms with Crippen LogP contribution in [0.1, 0.15) is 26.7 Å². The van der Waals surface area contributed by atoms with Crippen molar-refractivity contribution in [3.63, 3.8) is 0 Å². The molecular weight excluding hydrogens is 184 g/mol. The van der Waals surface area contributed by atoms with Crippen molar-refractivity contribution in [2.45, 2.75) is 26.7 Å². The third kappa shape index (κ3) is 6.47. The van der Waals surface area contributed by atoms with Gasteiger partial charge in [0, 0.05) is 13.1 Å². The normalized spacial score (nSPS) is 23.9. The summed E-state index contributed by atoms with van der Waals surface area (Å²) in [4.78, 5) is 0. The number of hydrogen-bond acceptors (Lipinski definition) is 2. The van der Waals surface area contributed by atoms with Gasteiger partial charge in [0.2, 0.25) is 0 Å². The van der Waals surface area contributed by atoms with Crippen LogP contribution >= 0.6 is 0 Å². The zero-order valence-electron chi connectivity index (χ0n) is 10.1. The first-order valence-corrected chi connectivity index (χ1v) is 5.96. The minimum absolute atomic E-state index is 0.411. The van der Waals surface area contributed by atoms with Crippen molar-refractivity contribution >= 4 is 0 Å². The van der Waals surface area contributed by atoms with E-state index in [2.05, 4.69) is 48.8 Å². The van der Waals surface area contributed by atoms with Crippen LogP contribution < -0.4 is 10.6 Å². The van der Waals surface area contributed by atoms with E-state index in [1.165, 1.54) is 25.9 Å². The van der Waals surface area contributed by atoms with Crippen molar-refractivity contribution in [1.29, 1.82) is 0 Å². The maximum Gasteiger partial charge on any atom is 0.00767 e. The molecule has 0 saturated carbocycles. The highest BCUT2D eigenvalue weighted by Crippen LogP contribution is 2.24. The molecule has 15 heavy (non-hydrogen) atoms. The first-order valence-electron chi connectivity index (χ1n) is 5.96. The molecule has 86 valence electrons. The molecule has 0 atom stereocenters. The maximum atomic E-state index is 3.28. The van der Waals surface area contributed by atoms with Gasteiger partial charge in [0.05, 0.1) is 0 Å². The van der Waals surface area contributed by atoms with E-state index < -0.39 is 0 Å². The first-order chi connectivity index (χ1) is 7.21. The number of rotatable bonds is 0. The average molecular weight is 208 g/mol.